The van der Waals surface area contributed by atoms with Crippen LogP contribution in [0, 0.1) is 12.3 Å². The minimum Gasteiger partial charge on any atom is -0.310 e. The Bertz CT molecular complexity index is 3510. The number of anilines is 3. The van der Waals surface area contributed by atoms with E-state index in [4.69, 9.17) is 6.42 Å². The Morgan fingerprint density at radius 2 is 1.24 bits per heavy atom. The van der Waals surface area contributed by atoms with Crippen LogP contribution < -0.4 is 4.90 Å². The second-order valence-electron chi connectivity index (χ2n) is 15.5. The molecule has 2 nitrogen and oxygen atoms in total. The first-order chi connectivity index (χ1) is 30.7. The molecule has 2 aromatic heterocycles. The summed E-state index contributed by atoms with van der Waals surface area (Å²) in [4.78, 5) is 2.34. The Labute approximate surface area is 365 Å². The minimum absolute atomic E-state index is 0.724. The Kier molecular flexibility index (Phi) is 9.44. The lowest BCUT2D eigenvalue weighted by atomic mass is 9.93. The highest BCUT2D eigenvalue weighted by molar-refractivity contribution is 7.25. The summed E-state index contributed by atoms with van der Waals surface area (Å²) in [5, 5.41) is 3.76. The van der Waals surface area contributed by atoms with Crippen molar-refractivity contribution in [1.82, 2.24) is 4.57 Å². The molecule has 0 radical (unpaired) electrons. The van der Waals surface area contributed by atoms with E-state index in [2.05, 4.69) is 221 Å². The molecule has 0 spiro atoms. The van der Waals surface area contributed by atoms with Crippen molar-refractivity contribution in [2.24, 2.45) is 0 Å². The molecule has 0 saturated carbocycles. The monoisotopic (exact) mass is 806 g/mol. The van der Waals surface area contributed by atoms with Crippen LogP contribution in [0.25, 0.3) is 77.2 Å². The van der Waals surface area contributed by atoms with Crippen LogP contribution in [0.3, 0.4) is 0 Å². The van der Waals surface area contributed by atoms with E-state index in [-0.39, 0.29) is 0 Å². The first-order valence-corrected chi connectivity index (χ1v) is 21.6. The van der Waals surface area contributed by atoms with Gasteiger partial charge in [-0.05, 0) is 136 Å². The van der Waals surface area contributed by atoms with Crippen LogP contribution in [0.2, 0.25) is 0 Å². The van der Waals surface area contributed by atoms with E-state index in [0.717, 1.165) is 45.9 Å². The van der Waals surface area contributed by atoms with E-state index >= 15 is 0 Å². The predicted octanol–water partition coefficient (Wildman–Crippen LogP) is 15.8. The van der Waals surface area contributed by atoms with E-state index < -0.39 is 0 Å². The molecule has 10 aromatic rings. The van der Waals surface area contributed by atoms with E-state index in [9.17, 15) is 0 Å². The quantitative estimate of drug-likeness (QED) is 0.104. The number of hydrogen-bond acceptors (Lipinski definition) is 2. The van der Waals surface area contributed by atoms with E-state index in [0.29, 0.717) is 0 Å². The number of benzene rings is 8. The maximum Gasteiger partial charge on any atom is 0.0537 e. The molecule has 8 aromatic carbocycles. The van der Waals surface area contributed by atoms with Gasteiger partial charge in [-0.1, -0.05) is 139 Å². The number of aromatic nitrogens is 1. The number of allylic oxidation sites excluding steroid dienone is 1. The summed E-state index contributed by atoms with van der Waals surface area (Å²) in [5.41, 5.74) is 22.4. The first kappa shape index (κ1) is 37.0. The van der Waals surface area contributed by atoms with Gasteiger partial charge in [-0.25, -0.2) is 0 Å². The fraction of sp³-hybridized carbons (Fsp3) is 0.0169. The summed E-state index contributed by atoms with van der Waals surface area (Å²) >= 11 is 1.84. The average molecular weight is 807 g/mol. The van der Waals surface area contributed by atoms with Crippen molar-refractivity contribution >= 4 is 77.7 Å². The van der Waals surface area contributed by atoms with Gasteiger partial charge in [-0.3, -0.25) is 0 Å². The third-order valence-electron chi connectivity index (χ3n) is 11.9. The summed E-state index contributed by atoms with van der Waals surface area (Å²) in [6.07, 6.45) is 14.5. The number of thiophene rings is 1. The zero-order valence-electron chi connectivity index (χ0n) is 33.8. The van der Waals surface area contributed by atoms with Gasteiger partial charge in [0, 0.05) is 54.7 Å². The lowest BCUT2D eigenvalue weighted by Crippen LogP contribution is -2.10. The largest absolute Gasteiger partial charge is 0.310 e. The molecule has 0 atom stereocenters. The SMILES string of the molecule is C#C/C=C\c1c(Cc2cccc(N(c3ccccc3)c3ccc(-c4ccc(-c5cccc6c5C=C=C=C6)cc4)cc3)c2)c2ccccc2n1-c1ccc2sc3ccccc3c2c1. The van der Waals surface area contributed by atoms with Crippen LogP contribution in [0.4, 0.5) is 17.1 Å². The number of rotatable bonds is 9. The predicted molar refractivity (Wildman–Crippen MR) is 265 cm³/mol. The Morgan fingerprint density at radius 3 is 2.08 bits per heavy atom. The highest BCUT2D eigenvalue weighted by Crippen LogP contribution is 2.40. The Hall–Kier alpha value is -8.08. The third kappa shape index (κ3) is 6.68. The molecule has 1 aliphatic carbocycles. The summed E-state index contributed by atoms with van der Waals surface area (Å²) in [6, 6.07) is 67.9. The Balaban J connectivity index is 0.949. The van der Waals surface area contributed by atoms with Crippen molar-refractivity contribution in [3.05, 3.63) is 234 Å². The van der Waals surface area contributed by atoms with Crippen LogP contribution in [-0.4, -0.2) is 4.57 Å². The van der Waals surface area contributed by atoms with E-state index in [1.54, 1.807) is 0 Å². The van der Waals surface area contributed by atoms with Gasteiger partial charge < -0.3 is 9.47 Å². The number of nitrogens with zero attached hydrogens (tertiary/aromatic N) is 2. The minimum atomic E-state index is 0.724. The second-order valence-corrected chi connectivity index (χ2v) is 16.6. The molecule has 3 heteroatoms. The van der Waals surface area contributed by atoms with Crippen molar-refractivity contribution in [3.8, 4) is 40.3 Å². The van der Waals surface area contributed by atoms with Crippen molar-refractivity contribution in [2.75, 3.05) is 4.90 Å². The number of fused-ring (bicyclic) bond motifs is 5. The van der Waals surface area contributed by atoms with Crippen LogP contribution in [0.5, 0.6) is 0 Å². The number of terminal acetylenes is 1. The third-order valence-corrected chi connectivity index (χ3v) is 13.0. The molecule has 0 saturated heterocycles. The molecular formula is C59H38N2S. The molecule has 290 valence electrons. The lowest BCUT2D eigenvalue weighted by molar-refractivity contribution is 1.08. The standard InChI is InChI=1S/C59H38N2S/c1-2-3-25-57-54(52-22-9-11-26-56(52)61(57)49-36-37-59-55(40-49)53-23-10-12-27-58(53)62-59)39-41-15-13-20-48(38-41)60(46-18-5-4-6-19-46)47-34-32-43(33-35-47)42-28-30-45(31-29-42)51-24-14-17-44-16-7-8-21-50(44)51/h1,3-6,9-38,40H,39H2/b25-3-. The van der Waals surface area contributed by atoms with Gasteiger partial charge in [-0.15, -0.1) is 17.8 Å². The molecule has 1 aliphatic rings. The Morgan fingerprint density at radius 1 is 0.565 bits per heavy atom. The lowest BCUT2D eigenvalue weighted by Gasteiger charge is -2.26. The van der Waals surface area contributed by atoms with Crippen LogP contribution >= 0.6 is 11.3 Å². The van der Waals surface area contributed by atoms with Crippen LogP contribution in [0.15, 0.2) is 206 Å². The highest BCUT2D eigenvalue weighted by Gasteiger charge is 2.20. The van der Waals surface area contributed by atoms with E-state index in [1.165, 1.54) is 64.5 Å². The summed E-state index contributed by atoms with van der Waals surface area (Å²) in [5.74, 6) is 2.77. The number of hydrogen-bond donors (Lipinski definition) is 0. The average Bonchev–Trinajstić information content (AvgIpc) is 3.86. The summed E-state index contributed by atoms with van der Waals surface area (Å²) < 4.78 is 4.96. The molecule has 0 bridgehead atoms. The maximum atomic E-state index is 5.88. The van der Waals surface area contributed by atoms with Crippen molar-refractivity contribution in [3.63, 3.8) is 0 Å². The van der Waals surface area contributed by atoms with E-state index in [1.807, 2.05) is 29.6 Å². The summed E-state index contributed by atoms with van der Waals surface area (Å²) in [7, 11) is 0. The van der Waals surface area contributed by atoms with Gasteiger partial charge in [0.05, 0.1) is 11.2 Å². The second kappa shape index (κ2) is 15.8. The smallest absolute Gasteiger partial charge is 0.0537 e. The van der Waals surface area contributed by atoms with Crippen LogP contribution in [-0.2, 0) is 6.42 Å². The van der Waals surface area contributed by atoms with Gasteiger partial charge in [0.1, 0.15) is 0 Å². The molecule has 0 amide bonds. The van der Waals surface area contributed by atoms with Crippen molar-refractivity contribution in [2.45, 2.75) is 6.42 Å². The van der Waals surface area contributed by atoms with Gasteiger partial charge in [0.15, 0.2) is 0 Å². The molecule has 0 unspecified atom stereocenters. The topological polar surface area (TPSA) is 8.17 Å². The van der Waals surface area contributed by atoms with Gasteiger partial charge in [0.25, 0.3) is 0 Å². The molecule has 62 heavy (non-hydrogen) atoms. The van der Waals surface area contributed by atoms with Crippen molar-refractivity contribution in [1.29, 1.82) is 0 Å². The highest BCUT2D eigenvalue weighted by atomic mass is 32.1. The molecule has 0 N–H and O–H groups in total. The van der Waals surface area contributed by atoms with Crippen molar-refractivity contribution < 1.29 is 0 Å². The molecule has 0 fully saturated rings. The molecule has 2 heterocycles. The van der Waals surface area contributed by atoms with Gasteiger partial charge in [-0.2, -0.15) is 0 Å². The molecule has 11 rings (SSSR count). The zero-order chi connectivity index (χ0) is 41.4. The van der Waals surface area contributed by atoms with Crippen LogP contribution in [0.1, 0.15) is 27.9 Å². The fourth-order valence-corrected chi connectivity index (χ4v) is 10.1. The number of para-hydroxylation sites is 2. The summed E-state index contributed by atoms with van der Waals surface area (Å²) in [6.45, 7) is 0. The molecule has 0 aliphatic heterocycles. The fourth-order valence-electron chi connectivity index (χ4n) is 8.98. The normalized spacial score (nSPS) is 11.8. The maximum absolute atomic E-state index is 5.88. The zero-order valence-corrected chi connectivity index (χ0v) is 34.6. The van der Waals surface area contributed by atoms with Gasteiger partial charge in [0.2, 0.25) is 0 Å². The van der Waals surface area contributed by atoms with Gasteiger partial charge >= 0.3 is 0 Å². The first-order valence-electron chi connectivity index (χ1n) is 20.8. The molecular weight excluding hydrogens is 769 g/mol.